The van der Waals surface area contributed by atoms with Gasteiger partial charge in [0.25, 0.3) is 5.91 Å². The average Bonchev–Trinajstić information content (AvgIpc) is 2.84. The predicted octanol–water partition coefficient (Wildman–Crippen LogP) is 5.68. The maximum atomic E-state index is 13.0. The normalized spacial score (nSPS) is 11.9. The lowest BCUT2D eigenvalue weighted by molar-refractivity contribution is -0.137. The van der Waals surface area contributed by atoms with E-state index in [1.807, 2.05) is 0 Å². The molecule has 1 N–H and O–H groups in total. The molecule has 3 rings (SSSR count). The van der Waals surface area contributed by atoms with Crippen LogP contribution >= 0.6 is 11.6 Å². The van der Waals surface area contributed by atoms with E-state index in [0.717, 1.165) is 18.2 Å². The second-order valence-corrected chi connectivity index (χ2v) is 9.03. The lowest BCUT2D eigenvalue weighted by Gasteiger charge is -2.12. The summed E-state index contributed by atoms with van der Waals surface area (Å²) < 4.78 is 74.2. The van der Waals surface area contributed by atoms with Crippen LogP contribution in [0.4, 0.5) is 18.9 Å². The molecule has 0 aromatic heterocycles. The quantitative estimate of drug-likeness (QED) is 0.236. The Kier molecular flexibility index (Phi) is 7.92. The van der Waals surface area contributed by atoms with Gasteiger partial charge < -0.3 is 14.2 Å². The number of alkyl halides is 3. The summed E-state index contributed by atoms with van der Waals surface area (Å²) in [4.78, 5) is 12.5. The molecule has 0 aliphatic rings. The van der Waals surface area contributed by atoms with Crippen molar-refractivity contribution in [2.24, 2.45) is 0 Å². The number of rotatable bonds is 7. The van der Waals surface area contributed by atoms with E-state index < -0.39 is 33.3 Å². The number of halogens is 4. The van der Waals surface area contributed by atoms with E-state index in [1.54, 1.807) is 12.1 Å². The van der Waals surface area contributed by atoms with E-state index in [0.29, 0.717) is 6.07 Å². The number of anilines is 1. The number of hydrogen-bond donors (Lipinski definition) is 1. The Morgan fingerprint density at radius 2 is 1.75 bits per heavy atom. The molecule has 1 amide bonds. The van der Waals surface area contributed by atoms with Crippen LogP contribution < -0.4 is 14.2 Å². The highest BCUT2D eigenvalue weighted by Crippen LogP contribution is 2.34. The standard InChI is InChI=1S/C24H16ClF3N2O5S/c1-34-22-12-15(7-10-21(22)35-36(32,33)18-5-3-2-4-6-18)11-16(14-29)23(31)30-20-13-17(24(26,27)28)8-9-19(20)25/h2-13H,1H3,(H,30,31). The van der Waals surface area contributed by atoms with Crippen molar-refractivity contribution in [3.8, 4) is 17.6 Å². The molecule has 0 fully saturated rings. The number of hydrogen-bond acceptors (Lipinski definition) is 6. The molecule has 0 aliphatic carbocycles. The fourth-order valence-electron chi connectivity index (χ4n) is 2.90. The van der Waals surface area contributed by atoms with Crippen molar-refractivity contribution in [3.05, 3.63) is 88.5 Å². The summed E-state index contributed by atoms with van der Waals surface area (Å²) in [5, 5.41) is 11.5. The SMILES string of the molecule is COc1cc(C=C(C#N)C(=O)Nc2cc(C(F)(F)F)ccc2Cl)ccc1OS(=O)(=O)c1ccccc1. The van der Waals surface area contributed by atoms with Gasteiger partial charge in [0.05, 0.1) is 23.4 Å². The van der Waals surface area contributed by atoms with Crippen molar-refractivity contribution < 1.29 is 35.3 Å². The van der Waals surface area contributed by atoms with Crippen LogP contribution in [-0.4, -0.2) is 21.4 Å². The summed E-state index contributed by atoms with van der Waals surface area (Å²) in [6.07, 6.45) is -3.53. The first-order valence-corrected chi connectivity index (χ1v) is 11.7. The minimum absolute atomic E-state index is 0.0122. The van der Waals surface area contributed by atoms with Gasteiger partial charge in [-0.1, -0.05) is 35.9 Å². The van der Waals surface area contributed by atoms with Gasteiger partial charge in [-0.15, -0.1) is 0 Å². The minimum Gasteiger partial charge on any atom is -0.493 e. The second-order valence-electron chi connectivity index (χ2n) is 7.08. The van der Waals surface area contributed by atoms with Crippen LogP contribution in [0.5, 0.6) is 11.5 Å². The Morgan fingerprint density at radius 1 is 1.06 bits per heavy atom. The van der Waals surface area contributed by atoms with Gasteiger partial charge in [-0.3, -0.25) is 4.79 Å². The smallest absolute Gasteiger partial charge is 0.416 e. The van der Waals surface area contributed by atoms with Crippen molar-refractivity contribution in [1.82, 2.24) is 0 Å². The maximum Gasteiger partial charge on any atom is 0.416 e. The summed E-state index contributed by atoms with van der Waals surface area (Å²) >= 11 is 5.89. The van der Waals surface area contributed by atoms with Crippen molar-refractivity contribution in [2.45, 2.75) is 11.1 Å². The first-order valence-electron chi connectivity index (χ1n) is 9.92. The molecular formula is C24H16ClF3N2O5S. The number of amides is 1. The Hall–Kier alpha value is -4.01. The molecule has 7 nitrogen and oxygen atoms in total. The zero-order valence-electron chi connectivity index (χ0n) is 18.3. The Balaban J connectivity index is 1.86. The van der Waals surface area contributed by atoms with Crippen molar-refractivity contribution in [2.75, 3.05) is 12.4 Å². The largest absolute Gasteiger partial charge is 0.493 e. The maximum absolute atomic E-state index is 13.0. The third-order valence-electron chi connectivity index (χ3n) is 4.64. The molecule has 186 valence electrons. The van der Waals surface area contributed by atoms with Gasteiger partial charge in [-0.05, 0) is 54.1 Å². The van der Waals surface area contributed by atoms with Gasteiger partial charge in [0.15, 0.2) is 11.5 Å². The van der Waals surface area contributed by atoms with E-state index in [9.17, 15) is 31.6 Å². The number of nitrogens with zero attached hydrogens (tertiary/aromatic N) is 1. The molecule has 0 spiro atoms. The summed E-state index contributed by atoms with van der Waals surface area (Å²) in [6.45, 7) is 0. The molecule has 0 aliphatic heterocycles. The molecule has 3 aromatic rings. The van der Waals surface area contributed by atoms with Gasteiger partial charge in [0, 0.05) is 0 Å². The molecule has 0 saturated carbocycles. The number of ether oxygens (including phenoxy) is 1. The fourth-order valence-corrected chi connectivity index (χ4v) is 4.02. The Bertz CT molecular complexity index is 1470. The van der Waals surface area contributed by atoms with Gasteiger partial charge >= 0.3 is 16.3 Å². The first kappa shape index (κ1) is 26.6. The number of methoxy groups -OCH3 is 1. The summed E-state index contributed by atoms with van der Waals surface area (Å²) in [7, 11) is -2.89. The first-order chi connectivity index (χ1) is 16.9. The van der Waals surface area contributed by atoms with Gasteiger partial charge in [0.1, 0.15) is 16.5 Å². The molecule has 0 saturated heterocycles. The summed E-state index contributed by atoms with van der Waals surface area (Å²) in [5.74, 6) is -1.16. The highest BCUT2D eigenvalue weighted by molar-refractivity contribution is 7.87. The van der Waals surface area contributed by atoms with Crippen LogP contribution in [0.2, 0.25) is 5.02 Å². The fraction of sp³-hybridized carbons (Fsp3) is 0.0833. The van der Waals surface area contributed by atoms with E-state index >= 15 is 0 Å². The lowest BCUT2D eigenvalue weighted by Crippen LogP contribution is -2.15. The van der Waals surface area contributed by atoms with E-state index in [4.69, 9.17) is 20.5 Å². The van der Waals surface area contributed by atoms with E-state index in [-0.39, 0.29) is 32.7 Å². The topological polar surface area (TPSA) is 105 Å². The highest BCUT2D eigenvalue weighted by Gasteiger charge is 2.31. The number of nitrogens with one attached hydrogen (secondary N) is 1. The van der Waals surface area contributed by atoms with Gasteiger partial charge in [-0.25, -0.2) is 0 Å². The van der Waals surface area contributed by atoms with Gasteiger partial charge in [0.2, 0.25) is 0 Å². The molecule has 0 radical (unpaired) electrons. The zero-order valence-corrected chi connectivity index (χ0v) is 19.9. The van der Waals surface area contributed by atoms with E-state index in [2.05, 4.69) is 5.32 Å². The summed E-state index contributed by atoms with van der Waals surface area (Å²) in [5.41, 5.74) is -1.57. The lowest BCUT2D eigenvalue weighted by atomic mass is 10.1. The second kappa shape index (κ2) is 10.7. The van der Waals surface area contributed by atoms with Crippen LogP contribution in [0, 0.1) is 11.3 Å². The van der Waals surface area contributed by atoms with Crippen LogP contribution in [0.25, 0.3) is 6.08 Å². The molecule has 0 heterocycles. The summed E-state index contributed by atoms with van der Waals surface area (Å²) in [6, 6.07) is 15.4. The van der Waals surface area contributed by atoms with Crippen LogP contribution in [-0.2, 0) is 21.1 Å². The molecule has 12 heteroatoms. The van der Waals surface area contributed by atoms with Crippen LogP contribution in [0.1, 0.15) is 11.1 Å². The third-order valence-corrected chi connectivity index (χ3v) is 6.22. The van der Waals surface area contributed by atoms with Crippen LogP contribution in [0.15, 0.2) is 77.2 Å². The van der Waals surface area contributed by atoms with Crippen molar-refractivity contribution in [1.29, 1.82) is 5.26 Å². The third kappa shape index (κ3) is 6.35. The van der Waals surface area contributed by atoms with Gasteiger partial charge in [-0.2, -0.15) is 26.9 Å². The number of nitriles is 1. The highest BCUT2D eigenvalue weighted by atomic mass is 35.5. The molecule has 36 heavy (non-hydrogen) atoms. The molecule has 0 atom stereocenters. The molecule has 0 unspecified atom stereocenters. The molecule has 3 aromatic carbocycles. The number of benzene rings is 3. The zero-order chi connectivity index (χ0) is 26.5. The number of carbonyl (C=O) groups excluding carboxylic acids is 1. The Morgan fingerprint density at radius 3 is 2.36 bits per heavy atom. The number of carbonyl (C=O) groups is 1. The predicted molar refractivity (Wildman–Crippen MR) is 126 cm³/mol. The van der Waals surface area contributed by atoms with Crippen molar-refractivity contribution >= 4 is 39.4 Å². The van der Waals surface area contributed by atoms with Crippen LogP contribution in [0.3, 0.4) is 0 Å². The molecule has 0 bridgehead atoms. The average molecular weight is 537 g/mol. The molecular weight excluding hydrogens is 521 g/mol. The van der Waals surface area contributed by atoms with Crippen molar-refractivity contribution in [3.63, 3.8) is 0 Å². The minimum atomic E-state index is -4.66. The Labute approximate surface area is 209 Å². The monoisotopic (exact) mass is 536 g/mol. The van der Waals surface area contributed by atoms with E-state index in [1.165, 1.54) is 49.6 Å².